The molecule has 1 rings (SSSR count). The van der Waals surface area contributed by atoms with Gasteiger partial charge < -0.3 is 52.5 Å². The van der Waals surface area contributed by atoms with E-state index in [-0.39, 0.29) is 12.2 Å². The van der Waals surface area contributed by atoms with E-state index in [0.29, 0.717) is 5.56 Å². The molecule has 254 valence electrons. The number of hydrogen-bond donors (Lipinski definition) is 10. The summed E-state index contributed by atoms with van der Waals surface area (Å²) in [6.45, 7) is 3.01. The second-order valence-electron chi connectivity index (χ2n) is 10.7. The highest BCUT2D eigenvalue weighted by Crippen LogP contribution is 2.13. The largest absolute Gasteiger partial charge is 0.508 e. The first kappa shape index (κ1) is 38.8. The molecular formula is C28H39N5O13. The van der Waals surface area contributed by atoms with Crippen LogP contribution < -0.4 is 27.0 Å². The number of carboxylic acid groups (broad SMARTS) is 4. The number of carboxylic acids is 4. The number of amides is 4. The number of benzene rings is 1. The Labute approximate surface area is 262 Å². The van der Waals surface area contributed by atoms with Crippen molar-refractivity contribution in [3.63, 3.8) is 0 Å². The van der Waals surface area contributed by atoms with Crippen molar-refractivity contribution < 1.29 is 63.9 Å². The van der Waals surface area contributed by atoms with Crippen LogP contribution in [0.15, 0.2) is 24.3 Å². The predicted molar refractivity (Wildman–Crippen MR) is 156 cm³/mol. The molecule has 0 fully saturated rings. The Morgan fingerprint density at radius 1 is 0.652 bits per heavy atom. The van der Waals surface area contributed by atoms with Crippen molar-refractivity contribution in [2.45, 2.75) is 82.6 Å². The van der Waals surface area contributed by atoms with E-state index in [1.807, 2.05) is 0 Å². The monoisotopic (exact) mass is 653 g/mol. The minimum absolute atomic E-state index is 0.104. The maximum absolute atomic E-state index is 13.4. The Kier molecular flexibility index (Phi) is 15.6. The molecule has 0 aliphatic heterocycles. The first-order valence-corrected chi connectivity index (χ1v) is 14.0. The van der Waals surface area contributed by atoms with Gasteiger partial charge in [0.2, 0.25) is 23.6 Å². The fraction of sp³-hybridized carbons (Fsp3) is 0.500. The molecule has 0 saturated heterocycles. The number of carbonyl (C=O) groups excluding carboxylic acids is 4. The number of phenolic OH excluding ortho intramolecular Hbond substituents is 1. The van der Waals surface area contributed by atoms with Crippen LogP contribution in [0.5, 0.6) is 5.75 Å². The number of hydrogen-bond acceptors (Lipinski definition) is 10. The van der Waals surface area contributed by atoms with Gasteiger partial charge in [-0.3, -0.25) is 33.6 Å². The summed E-state index contributed by atoms with van der Waals surface area (Å²) < 4.78 is 0. The van der Waals surface area contributed by atoms with Crippen molar-refractivity contribution in [1.82, 2.24) is 21.3 Å². The molecular weight excluding hydrogens is 614 g/mol. The molecule has 5 atom stereocenters. The summed E-state index contributed by atoms with van der Waals surface area (Å²) in [5.41, 5.74) is 6.01. The van der Waals surface area contributed by atoms with Crippen molar-refractivity contribution >= 4 is 47.5 Å². The van der Waals surface area contributed by atoms with E-state index in [0.717, 1.165) is 0 Å². The second-order valence-corrected chi connectivity index (χ2v) is 10.7. The van der Waals surface area contributed by atoms with E-state index in [2.05, 4.69) is 21.3 Å². The van der Waals surface area contributed by atoms with Crippen molar-refractivity contribution in [2.24, 2.45) is 11.7 Å². The summed E-state index contributed by atoms with van der Waals surface area (Å²) in [4.78, 5) is 97.3. The summed E-state index contributed by atoms with van der Waals surface area (Å²) in [5.74, 6) is -10.4. The molecule has 46 heavy (non-hydrogen) atoms. The fourth-order valence-electron chi connectivity index (χ4n) is 4.02. The van der Waals surface area contributed by atoms with Crippen LogP contribution in [0.3, 0.4) is 0 Å². The maximum Gasteiger partial charge on any atom is 0.326 e. The van der Waals surface area contributed by atoms with Crippen LogP contribution in [-0.4, -0.2) is 103 Å². The van der Waals surface area contributed by atoms with Gasteiger partial charge in [-0.05, 0) is 36.5 Å². The molecule has 0 heterocycles. The van der Waals surface area contributed by atoms with Crippen molar-refractivity contribution in [3.05, 3.63) is 29.8 Å². The minimum Gasteiger partial charge on any atom is -0.508 e. The lowest BCUT2D eigenvalue weighted by atomic mass is 10.0. The lowest BCUT2D eigenvalue weighted by Gasteiger charge is -2.26. The highest BCUT2D eigenvalue weighted by Gasteiger charge is 2.33. The fourth-order valence-corrected chi connectivity index (χ4v) is 4.02. The molecule has 1 aromatic rings. The molecule has 4 amide bonds. The lowest BCUT2D eigenvalue weighted by molar-refractivity contribution is -0.144. The van der Waals surface area contributed by atoms with Crippen molar-refractivity contribution in [2.75, 3.05) is 0 Å². The summed E-state index contributed by atoms with van der Waals surface area (Å²) >= 11 is 0. The van der Waals surface area contributed by atoms with Gasteiger partial charge in [-0.1, -0.05) is 26.0 Å². The Morgan fingerprint density at radius 3 is 1.50 bits per heavy atom. The zero-order valence-corrected chi connectivity index (χ0v) is 25.1. The van der Waals surface area contributed by atoms with E-state index in [1.54, 1.807) is 0 Å². The van der Waals surface area contributed by atoms with Crippen molar-refractivity contribution in [1.29, 1.82) is 0 Å². The van der Waals surface area contributed by atoms with Crippen LogP contribution in [0.1, 0.15) is 51.5 Å². The molecule has 0 spiro atoms. The zero-order valence-electron chi connectivity index (χ0n) is 25.1. The standard InChI is InChI=1S/C28H39N5O13/c1-13(2)23(28(45)46)33-26(43)18(8-10-21(37)38)30-25(42)17(7-9-20(35)36)31-27(44)19(11-14-3-5-15(34)6-4-14)32-24(41)16(29)12-22(39)40/h3-6,13,16-19,23,34H,7-12,29H2,1-2H3,(H,30,42)(H,31,44)(H,32,41)(H,33,43)(H,35,36)(H,37,38)(H,39,40)(H,45,46)/t16-,17-,18-,19-,23-/m0/s1. The quantitative estimate of drug-likeness (QED) is 0.0738. The number of nitrogens with two attached hydrogens (primary N) is 1. The van der Waals surface area contributed by atoms with E-state index in [1.165, 1.54) is 38.1 Å². The first-order chi connectivity index (χ1) is 21.4. The summed E-state index contributed by atoms with van der Waals surface area (Å²) in [6.07, 6.45) is -3.32. The number of phenols is 1. The van der Waals surface area contributed by atoms with Crippen LogP contribution in [0.2, 0.25) is 0 Å². The summed E-state index contributed by atoms with van der Waals surface area (Å²) in [7, 11) is 0. The molecule has 0 aromatic heterocycles. The molecule has 1 aromatic carbocycles. The van der Waals surface area contributed by atoms with Crippen LogP contribution in [0.25, 0.3) is 0 Å². The van der Waals surface area contributed by atoms with Gasteiger partial charge in [-0.2, -0.15) is 0 Å². The predicted octanol–water partition coefficient (Wildman–Crippen LogP) is -1.85. The average Bonchev–Trinajstić information content (AvgIpc) is 2.95. The maximum atomic E-state index is 13.4. The Balaban J connectivity index is 3.32. The minimum atomic E-state index is -1.66. The van der Waals surface area contributed by atoms with Crippen LogP contribution in [0, 0.1) is 5.92 Å². The van der Waals surface area contributed by atoms with E-state index < -0.39 is 116 Å². The highest BCUT2D eigenvalue weighted by molar-refractivity contribution is 5.96. The van der Waals surface area contributed by atoms with E-state index >= 15 is 0 Å². The van der Waals surface area contributed by atoms with E-state index in [4.69, 9.17) is 15.9 Å². The van der Waals surface area contributed by atoms with Gasteiger partial charge in [0.1, 0.15) is 29.9 Å². The molecule has 0 aliphatic rings. The Morgan fingerprint density at radius 2 is 1.09 bits per heavy atom. The molecule has 0 unspecified atom stereocenters. The Bertz CT molecular complexity index is 1280. The third-order valence-corrected chi connectivity index (χ3v) is 6.53. The number of aliphatic carboxylic acids is 4. The van der Waals surface area contributed by atoms with Gasteiger partial charge in [-0.25, -0.2) is 4.79 Å². The smallest absolute Gasteiger partial charge is 0.326 e. The van der Waals surface area contributed by atoms with Gasteiger partial charge in [0.05, 0.1) is 12.5 Å². The molecule has 0 radical (unpaired) electrons. The van der Waals surface area contributed by atoms with Crippen LogP contribution >= 0.6 is 0 Å². The molecule has 11 N–H and O–H groups in total. The summed E-state index contributed by atoms with van der Waals surface area (Å²) in [5, 5.41) is 55.3. The first-order valence-electron chi connectivity index (χ1n) is 14.0. The van der Waals surface area contributed by atoms with Crippen LogP contribution in [-0.2, 0) is 44.8 Å². The lowest BCUT2D eigenvalue weighted by Crippen LogP contribution is -2.59. The third-order valence-electron chi connectivity index (χ3n) is 6.53. The average molecular weight is 654 g/mol. The summed E-state index contributed by atoms with van der Waals surface area (Å²) in [6, 6.07) is -2.29. The normalized spacial score (nSPS) is 14.1. The topological polar surface area (TPSA) is 312 Å². The number of carbonyl (C=O) groups is 8. The molecule has 0 bridgehead atoms. The zero-order chi connectivity index (χ0) is 35.1. The molecule has 0 saturated carbocycles. The van der Waals surface area contributed by atoms with Crippen LogP contribution in [0.4, 0.5) is 0 Å². The third kappa shape index (κ3) is 14.0. The number of nitrogens with one attached hydrogen (secondary N) is 4. The number of rotatable bonds is 20. The molecule has 18 nitrogen and oxygen atoms in total. The van der Waals surface area contributed by atoms with Crippen molar-refractivity contribution in [3.8, 4) is 5.75 Å². The molecule has 0 aliphatic carbocycles. The molecule has 18 heteroatoms. The number of aromatic hydroxyl groups is 1. The second kappa shape index (κ2) is 18.5. The van der Waals surface area contributed by atoms with Gasteiger partial charge in [-0.15, -0.1) is 0 Å². The van der Waals surface area contributed by atoms with Gasteiger partial charge in [0.25, 0.3) is 0 Å². The van der Waals surface area contributed by atoms with Gasteiger partial charge in [0.15, 0.2) is 0 Å². The van der Waals surface area contributed by atoms with E-state index in [9.17, 15) is 53.7 Å². The Hall–Kier alpha value is -5.26. The van der Waals surface area contributed by atoms with Gasteiger partial charge >= 0.3 is 23.9 Å². The highest BCUT2D eigenvalue weighted by atomic mass is 16.4. The van der Waals surface area contributed by atoms with Gasteiger partial charge in [0, 0.05) is 19.3 Å². The SMILES string of the molecule is CC(C)[C@H](NC(=O)[C@H](CCC(=O)O)NC(=O)[C@H](CCC(=O)O)NC(=O)[C@H](Cc1ccc(O)cc1)NC(=O)[C@@H](N)CC(=O)O)C(=O)O.